The van der Waals surface area contributed by atoms with Gasteiger partial charge in [-0.1, -0.05) is 12.1 Å². The quantitative estimate of drug-likeness (QED) is 0.424. The van der Waals surface area contributed by atoms with Crippen LogP contribution in [0.15, 0.2) is 41.2 Å². The summed E-state index contributed by atoms with van der Waals surface area (Å²) >= 11 is 1.37. The predicted octanol–water partition coefficient (Wildman–Crippen LogP) is 3.05. The molecule has 0 saturated carbocycles. The topological polar surface area (TPSA) is 63.6 Å². The largest absolute Gasteiger partial charge is 0.507 e. The molecule has 0 spiro atoms. The van der Waals surface area contributed by atoms with Crippen molar-refractivity contribution in [2.75, 3.05) is 0 Å². The van der Waals surface area contributed by atoms with Crippen LogP contribution in [0.3, 0.4) is 0 Å². The number of carbonyl (C=O) groups is 1. The lowest BCUT2D eigenvalue weighted by Gasteiger charge is -2.06. The summed E-state index contributed by atoms with van der Waals surface area (Å²) in [6.45, 7) is 1.28. The fourth-order valence-corrected chi connectivity index (χ4v) is 3.23. The van der Waals surface area contributed by atoms with Gasteiger partial charge in [0.2, 0.25) is 0 Å². The van der Waals surface area contributed by atoms with Crippen LogP contribution >= 0.6 is 11.3 Å². The fraction of sp³-hybridized carbons (Fsp3) is 0.0667. The zero-order valence-electron chi connectivity index (χ0n) is 10.5. The number of benzene rings is 2. The Kier molecular flexibility index (Phi) is 2.91. The minimum atomic E-state index is -0.475. The van der Waals surface area contributed by atoms with Gasteiger partial charge in [-0.15, -0.1) is 11.3 Å². The van der Waals surface area contributed by atoms with Gasteiger partial charge in [-0.2, -0.15) is 0 Å². The van der Waals surface area contributed by atoms with E-state index in [1.165, 1.54) is 24.3 Å². The Hall–Kier alpha value is -2.40. The van der Waals surface area contributed by atoms with E-state index in [2.05, 4.69) is 0 Å². The monoisotopic (exact) mass is 286 g/mol. The molecule has 0 atom stereocenters. The summed E-state index contributed by atoms with van der Waals surface area (Å²) in [5, 5.41) is 10.8. The SMILES string of the molecule is CC(=O)Oc1cc(O)c2c(=O)c3ccccc3sc2c1. The lowest BCUT2D eigenvalue weighted by Crippen LogP contribution is -2.04. The fourth-order valence-electron chi connectivity index (χ4n) is 2.11. The van der Waals surface area contributed by atoms with Gasteiger partial charge < -0.3 is 9.84 Å². The number of aromatic hydroxyl groups is 1. The van der Waals surface area contributed by atoms with Gasteiger partial charge in [0, 0.05) is 27.8 Å². The predicted molar refractivity (Wildman–Crippen MR) is 78.6 cm³/mol. The van der Waals surface area contributed by atoms with Crippen molar-refractivity contribution in [1.29, 1.82) is 0 Å². The molecule has 0 saturated heterocycles. The standard InChI is InChI=1S/C15H10O4S/c1-8(16)19-9-6-11(17)14-13(7-9)20-12-5-3-2-4-10(12)15(14)18/h2-7,17H,1H3. The molecular formula is C15H10O4S. The molecule has 0 radical (unpaired) electrons. The van der Waals surface area contributed by atoms with Crippen molar-refractivity contribution >= 4 is 37.5 Å². The summed E-state index contributed by atoms with van der Waals surface area (Å²) in [6.07, 6.45) is 0. The molecule has 2 aromatic carbocycles. The van der Waals surface area contributed by atoms with Crippen molar-refractivity contribution < 1.29 is 14.6 Å². The van der Waals surface area contributed by atoms with E-state index in [1.807, 2.05) is 12.1 Å². The lowest BCUT2D eigenvalue weighted by atomic mass is 10.1. The molecule has 0 bridgehead atoms. The number of esters is 1. The third kappa shape index (κ3) is 2.02. The van der Waals surface area contributed by atoms with Crippen molar-refractivity contribution in [3.8, 4) is 11.5 Å². The highest BCUT2D eigenvalue weighted by Gasteiger charge is 2.12. The third-order valence-electron chi connectivity index (χ3n) is 2.90. The molecule has 4 nitrogen and oxygen atoms in total. The molecule has 20 heavy (non-hydrogen) atoms. The maximum absolute atomic E-state index is 12.4. The summed E-state index contributed by atoms with van der Waals surface area (Å²) in [7, 11) is 0. The average molecular weight is 286 g/mol. The Labute approximate surface area is 117 Å². The Bertz CT molecular complexity index is 895. The highest BCUT2D eigenvalue weighted by molar-refractivity contribution is 7.24. The number of carbonyl (C=O) groups excluding carboxylic acids is 1. The Morgan fingerprint density at radius 3 is 2.70 bits per heavy atom. The molecule has 0 aliphatic rings. The Morgan fingerprint density at radius 2 is 1.95 bits per heavy atom. The number of hydrogen-bond donors (Lipinski definition) is 1. The van der Waals surface area contributed by atoms with E-state index in [1.54, 1.807) is 18.2 Å². The summed E-state index contributed by atoms with van der Waals surface area (Å²) in [6, 6.07) is 10.1. The Morgan fingerprint density at radius 1 is 1.20 bits per heavy atom. The first-order valence-electron chi connectivity index (χ1n) is 5.93. The second-order valence-electron chi connectivity index (χ2n) is 4.34. The van der Waals surface area contributed by atoms with Gasteiger partial charge in [-0.05, 0) is 18.2 Å². The van der Waals surface area contributed by atoms with E-state index in [4.69, 9.17) is 4.74 Å². The summed E-state index contributed by atoms with van der Waals surface area (Å²) < 4.78 is 6.37. The van der Waals surface area contributed by atoms with Gasteiger partial charge >= 0.3 is 5.97 Å². The van der Waals surface area contributed by atoms with Crippen LogP contribution in [0.2, 0.25) is 0 Å². The first-order chi connectivity index (χ1) is 9.56. The molecule has 1 aromatic heterocycles. The molecule has 0 aliphatic heterocycles. The van der Waals surface area contributed by atoms with Gasteiger partial charge in [0.25, 0.3) is 0 Å². The van der Waals surface area contributed by atoms with E-state index in [-0.39, 0.29) is 22.3 Å². The highest BCUT2D eigenvalue weighted by atomic mass is 32.1. The molecule has 1 N–H and O–H groups in total. The van der Waals surface area contributed by atoms with Crippen LogP contribution in [-0.2, 0) is 4.79 Å². The lowest BCUT2D eigenvalue weighted by molar-refractivity contribution is -0.131. The van der Waals surface area contributed by atoms with Crippen LogP contribution in [0.5, 0.6) is 11.5 Å². The normalized spacial score (nSPS) is 10.8. The van der Waals surface area contributed by atoms with Crippen molar-refractivity contribution in [2.24, 2.45) is 0 Å². The Balaban J connectivity index is 2.39. The van der Waals surface area contributed by atoms with Gasteiger partial charge in [-0.25, -0.2) is 0 Å². The molecule has 3 rings (SSSR count). The van der Waals surface area contributed by atoms with Crippen LogP contribution in [-0.4, -0.2) is 11.1 Å². The number of hydrogen-bond acceptors (Lipinski definition) is 5. The number of phenolic OH excluding ortho intramolecular Hbond substituents is 1. The van der Waals surface area contributed by atoms with Gasteiger partial charge in [-0.3, -0.25) is 9.59 Å². The molecule has 100 valence electrons. The van der Waals surface area contributed by atoms with E-state index in [0.29, 0.717) is 10.1 Å². The first kappa shape index (κ1) is 12.6. The highest BCUT2D eigenvalue weighted by Crippen LogP contribution is 2.33. The van der Waals surface area contributed by atoms with Crippen LogP contribution in [0.1, 0.15) is 6.92 Å². The average Bonchev–Trinajstić information content (AvgIpc) is 2.37. The molecular weight excluding hydrogens is 276 g/mol. The van der Waals surface area contributed by atoms with E-state index in [0.717, 1.165) is 4.70 Å². The molecule has 1 heterocycles. The number of ether oxygens (including phenoxy) is 1. The summed E-state index contributed by atoms with van der Waals surface area (Å²) in [5.41, 5.74) is -0.221. The number of fused-ring (bicyclic) bond motifs is 2. The van der Waals surface area contributed by atoms with Crippen molar-refractivity contribution in [3.05, 3.63) is 46.6 Å². The molecule has 5 heteroatoms. The van der Waals surface area contributed by atoms with Gasteiger partial charge in [0.1, 0.15) is 11.5 Å². The minimum absolute atomic E-state index is 0.175. The van der Waals surface area contributed by atoms with Crippen LogP contribution in [0.4, 0.5) is 0 Å². The molecule has 0 unspecified atom stereocenters. The van der Waals surface area contributed by atoms with Crippen molar-refractivity contribution in [2.45, 2.75) is 6.92 Å². The second kappa shape index (κ2) is 4.61. The summed E-state index contributed by atoms with van der Waals surface area (Å²) in [5.74, 6) is -0.420. The van der Waals surface area contributed by atoms with E-state index in [9.17, 15) is 14.7 Å². The zero-order valence-corrected chi connectivity index (χ0v) is 11.4. The van der Waals surface area contributed by atoms with Crippen molar-refractivity contribution in [3.63, 3.8) is 0 Å². The molecule has 0 amide bonds. The molecule has 0 aliphatic carbocycles. The van der Waals surface area contributed by atoms with E-state index < -0.39 is 5.97 Å². The molecule has 3 aromatic rings. The number of phenols is 1. The molecule has 0 fully saturated rings. The van der Waals surface area contributed by atoms with E-state index >= 15 is 0 Å². The zero-order chi connectivity index (χ0) is 14.3. The summed E-state index contributed by atoms with van der Waals surface area (Å²) in [4.78, 5) is 23.4. The van der Waals surface area contributed by atoms with Crippen LogP contribution in [0, 0.1) is 0 Å². The van der Waals surface area contributed by atoms with Gasteiger partial charge in [0.05, 0.1) is 5.39 Å². The maximum Gasteiger partial charge on any atom is 0.308 e. The third-order valence-corrected chi connectivity index (χ3v) is 4.01. The van der Waals surface area contributed by atoms with Crippen LogP contribution < -0.4 is 10.2 Å². The number of rotatable bonds is 1. The van der Waals surface area contributed by atoms with Gasteiger partial charge in [0.15, 0.2) is 5.43 Å². The smallest absolute Gasteiger partial charge is 0.308 e. The second-order valence-corrected chi connectivity index (χ2v) is 5.42. The maximum atomic E-state index is 12.4. The first-order valence-corrected chi connectivity index (χ1v) is 6.75. The minimum Gasteiger partial charge on any atom is -0.507 e. The van der Waals surface area contributed by atoms with Crippen molar-refractivity contribution in [1.82, 2.24) is 0 Å². The van der Waals surface area contributed by atoms with Crippen LogP contribution in [0.25, 0.3) is 20.2 Å².